The predicted molar refractivity (Wildman–Crippen MR) is 79.8 cm³/mol. The van der Waals surface area contributed by atoms with Crippen molar-refractivity contribution >= 4 is 17.4 Å². The van der Waals surface area contributed by atoms with E-state index in [1.165, 1.54) is 0 Å². The molecule has 1 aromatic carbocycles. The first kappa shape index (κ1) is 15.8. The molecule has 5 heteroatoms. The Bertz CT molecular complexity index is 444. The number of oxime groups is 1. The number of halogens is 1. The molecule has 0 amide bonds. The summed E-state index contributed by atoms with van der Waals surface area (Å²) in [5.74, 6) is 0.0711. The van der Waals surface area contributed by atoms with Crippen LogP contribution in [0.2, 0.25) is 5.02 Å². The Hall–Kier alpha value is -1.26. The summed E-state index contributed by atoms with van der Waals surface area (Å²) in [6.07, 6.45) is 2.24. The van der Waals surface area contributed by atoms with Crippen LogP contribution in [-0.4, -0.2) is 29.0 Å². The second-order valence-electron chi connectivity index (χ2n) is 4.68. The van der Waals surface area contributed by atoms with Gasteiger partial charge in [0.1, 0.15) is 0 Å². The zero-order valence-corrected chi connectivity index (χ0v) is 12.5. The van der Waals surface area contributed by atoms with Crippen molar-refractivity contribution in [1.29, 1.82) is 0 Å². The van der Waals surface area contributed by atoms with Gasteiger partial charge in [-0.3, -0.25) is 4.90 Å². The third-order valence-electron chi connectivity index (χ3n) is 3.44. The Morgan fingerprint density at radius 1 is 1.42 bits per heavy atom. The maximum absolute atomic E-state index is 8.64. The number of amidine groups is 1. The number of rotatable bonds is 6. The summed E-state index contributed by atoms with van der Waals surface area (Å²) in [5, 5.41) is 12.3. The molecule has 0 radical (unpaired) electrons. The van der Waals surface area contributed by atoms with Crippen molar-refractivity contribution in [3.8, 4) is 0 Å². The van der Waals surface area contributed by atoms with Gasteiger partial charge in [0.25, 0.3) is 0 Å². The summed E-state index contributed by atoms with van der Waals surface area (Å²) in [6, 6.07) is 6.03. The molecule has 0 aliphatic carbocycles. The molecule has 0 atom stereocenters. The molecule has 0 saturated carbocycles. The zero-order valence-electron chi connectivity index (χ0n) is 11.7. The van der Waals surface area contributed by atoms with Gasteiger partial charge in [0, 0.05) is 23.2 Å². The molecule has 0 bridgehead atoms. The SMILES string of the molecule is CCC(CC)N(C)Cc1ccc(/C(N)=N/O)cc1Cl. The Kier molecular flexibility index (Phi) is 6.12. The van der Waals surface area contributed by atoms with Gasteiger partial charge in [-0.2, -0.15) is 0 Å². The molecule has 0 heterocycles. The van der Waals surface area contributed by atoms with E-state index in [2.05, 4.69) is 31.0 Å². The quantitative estimate of drug-likeness (QED) is 0.365. The number of benzene rings is 1. The van der Waals surface area contributed by atoms with E-state index in [0.29, 0.717) is 16.6 Å². The van der Waals surface area contributed by atoms with Gasteiger partial charge in [0.15, 0.2) is 5.84 Å². The highest BCUT2D eigenvalue weighted by molar-refractivity contribution is 6.31. The molecule has 106 valence electrons. The smallest absolute Gasteiger partial charge is 0.170 e. The van der Waals surface area contributed by atoms with E-state index in [-0.39, 0.29) is 5.84 Å². The lowest BCUT2D eigenvalue weighted by Gasteiger charge is -2.26. The second kappa shape index (κ2) is 7.36. The monoisotopic (exact) mass is 283 g/mol. The van der Waals surface area contributed by atoms with Gasteiger partial charge in [-0.1, -0.05) is 42.7 Å². The minimum Gasteiger partial charge on any atom is -0.409 e. The van der Waals surface area contributed by atoms with Crippen LogP contribution in [-0.2, 0) is 6.54 Å². The Balaban J connectivity index is 2.86. The second-order valence-corrected chi connectivity index (χ2v) is 5.08. The molecule has 0 saturated heterocycles. The van der Waals surface area contributed by atoms with E-state index in [1.807, 2.05) is 12.1 Å². The summed E-state index contributed by atoms with van der Waals surface area (Å²) in [4.78, 5) is 2.30. The van der Waals surface area contributed by atoms with Crippen LogP contribution in [0.25, 0.3) is 0 Å². The van der Waals surface area contributed by atoms with Crippen molar-refractivity contribution in [2.24, 2.45) is 10.9 Å². The highest BCUT2D eigenvalue weighted by Gasteiger charge is 2.13. The Labute approximate surface area is 119 Å². The summed E-state index contributed by atoms with van der Waals surface area (Å²) in [6.45, 7) is 5.17. The van der Waals surface area contributed by atoms with Crippen LogP contribution in [0.15, 0.2) is 23.4 Å². The predicted octanol–water partition coefficient (Wildman–Crippen LogP) is 3.05. The van der Waals surface area contributed by atoms with Crippen molar-refractivity contribution in [3.05, 3.63) is 34.3 Å². The van der Waals surface area contributed by atoms with Crippen LogP contribution in [0.4, 0.5) is 0 Å². The Morgan fingerprint density at radius 2 is 2.05 bits per heavy atom. The number of hydrogen-bond acceptors (Lipinski definition) is 3. The number of nitrogens with zero attached hydrogens (tertiary/aromatic N) is 2. The van der Waals surface area contributed by atoms with Gasteiger partial charge in [-0.15, -0.1) is 0 Å². The molecule has 0 aromatic heterocycles. The van der Waals surface area contributed by atoms with Crippen LogP contribution in [0.1, 0.15) is 37.8 Å². The van der Waals surface area contributed by atoms with Gasteiger partial charge >= 0.3 is 0 Å². The highest BCUT2D eigenvalue weighted by Crippen LogP contribution is 2.21. The average molecular weight is 284 g/mol. The molecule has 0 fully saturated rings. The van der Waals surface area contributed by atoms with Crippen molar-refractivity contribution in [1.82, 2.24) is 4.90 Å². The number of hydrogen-bond donors (Lipinski definition) is 2. The lowest BCUT2D eigenvalue weighted by molar-refractivity contribution is 0.222. The van der Waals surface area contributed by atoms with E-state index in [9.17, 15) is 0 Å². The average Bonchev–Trinajstić information content (AvgIpc) is 2.41. The molecule has 19 heavy (non-hydrogen) atoms. The lowest BCUT2D eigenvalue weighted by atomic mass is 10.1. The summed E-state index contributed by atoms with van der Waals surface area (Å²) >= 11 is 6.25. The fraction of sp³-hybridized carbons (Fsp3) is 0.500. The van der Waals surface area contributed by atoms with Gasteiger partial charge in [0.05, 0.1) is 0 Å². The van der Waals surface area contributed by atoms with Crippen molar-refractivity contribution in [3.63, 3.8) is 0 Å². The molecule has 4 nitrogen and oxygen atoms in total. The minimum absolute atomic E-state index is 0.0711. The summed E-state index contributed by atoms with van der Waals surface area (Å²) in [5.41, 5.74) is 7.21. The van der Waals surface area contributed by atoms with Crippen molar-refractivity contribution in [2.45, 2.75) is 39.3 Å². The normalized spacial score (nSPS) is 12.4. The largest absolute Gasteiger partial charge is 0.409 e. The van der Waals surface area contributed by atoms with Gasteiger partial charge in [-0.05, 0) is 31.5 Å². The Morgan fingerprint density at radius 3 is 2.53 bits per heavy atom. The molecule has 1 aromatic rings. The summed E-state index contributed by atoms with van der Waals surface area (Å²) < 4.78 is 0. The fourth-order valence-corrected chi connectivity index (χ4v) is 2.44. The molecular formula is C14H22ClN3O. The maximum atomic E-state index is 8.64. The molecule has 1 rings (SSSR count). The molecule has 0 spiro atoms. The molecule has 0 aliphatic heterocycles. The third kappa shape index (κ3) is 4.11. The third-order valence-corrected chi connectivity index (χ3v) is 3.79. The van der Waals surface area contributed by atoms with Gasteiger partial charge < -0.3 is 10.9 Å². The molecule has 3 N–H and O–H groups in total. The van der Waals surface area contributed by atoms with Crippen LogP contribution in [0.5, 0.6) is 0 Å². The first-order chi connectivity index (χ1) is 9.03. The summed E-state index contributed by atoms with van der Waals surface area (Å²) in [7, 11) is 2.10. The molecule has 0 aliphatic rings. The number of nitrogens with two attached hydrogens (primary N) is 1. The van der Waals surface area contributed by atoms with E-state index >= 15 is 0 Å². The van der Waals surface area contributed by atoms with E-state index in [0.717, 1.165) is 24.9 Å². The lowest BCUT2D eigenvalue weighted by Crippen LogP contribution is -2.30. The van der Waals surface area contributed by atoms with Crippen LogP contribution >= 0.6 is 11.6 Å². The van der Waals surface area contributed by atoms with Crippen molar-refractivity contribution in [2.75, 3.05) is 7.05 Å². The van der Waals surface area contributed by atoms with Crippen LogP contribution in [0.3, 0.4) is 0 Å². The fourth-order valence-electron chi connectivity index (χ4n) is 2.20. The van der Waals surface area contributed by atoms with Gasteiger partial charge in [0.2, 0.25) is 0 Å². The topological polar surface area (TPSA) is 61.8 Å². The van der Waals surface area contributed by atoms with E-state index in [4.69, 9.17) is 22.5 Å². The highest BCUT2D eigenvalue weighted by atomic mass is 35.5. The van der Waals surface area contributed by atoms with E-state index in [1.54, 1.807) is 6.07 Å². The van der Waals surface area contributed by atoms with Crippen LogP contribution in [0, 0.1) is 0 Å². The van der Waals surface area contributed by atoms with Crippen molar-refractivity contribution < 1.29 is 5.21 Å². The van der Waals surface area contributed by atoms with E-state index < -0.39 is 0 Å². The first-order valence-corrected chi connectivity index (χ1v) is 6.87. The molecule has 0 unspecified atom stereocenters. The van der Waals surface area contributed by atoms with Gasteiger partial charge in [-0.25, -0.2) is 0 Å². The molecular weight excluding hydrogens is 262 g/mol. The van der Waals surface area contributed by atoms with Crippen LogP contribution < -0.4 is 5.73 Å². The zero-order chi connectivity index (χ0) is 14.4. The standard InChI is InChI=1S/C14H22ClN3O/c1-4-12(5-2)18(3)9-11-7-6-10(8-13(11)15)14(16)17-19/h6-8,12,19H,4-5,9H2,1-3H3,(H2,16,17). The minimum atomic E-state index is 0.0711. The maximum Gasteiger partial charge on any atom is 0.170 e. The first-order valence-electron chi connectivity index (χ1n) is 6.50.